The molecule has 1 aromatic heterocycles. The summed E-state index contributed by atoms with van der Waals surface area (Å²) in [5, 5.41) is 10.2. The van der Waals surface area contributed by atoms with E-state index in [1.807, 2.05) is 39.0 Å². The fraction of sp³-hybridized carbons (Fsp3) is 0.444. The first-order valence-corrected chi connectivity index (χ1v) is 8.11. The average molecular weight is 313 g/mol. The number of H-pyrrole nitrogens is 1. The first-order valence-electron chi connectivity index (χ1n) is 8.11. The Hall–Kier alpha value is -2.30. The van der Waals surface area contributed by atoms with Crippen LogP contribution in [0.2, 0.25) is 0 Å². The number of rotatable bonds is 4. The molecule has 2 heterocycles. The fourth-order valence-corrected chi connectivity index (χ4v) is 2.98. The third-order valence-corrected chi connectivity index (χ3v) is 4.41. The van der Waals surface area contributed by atoms with Crippen LogP contribution in [0.25, 0.3) is 0 Å². The van der Waals surface area contributed by atoms with Gasteiger partial charge in [0.1, 0.15) is 5.75 Å². The molecule has 0 bridgehead atoms. The summed E-state index contributed by atoms with van der Waals surface area (Å²) in [7, 11) is 0. The van der Waals surface area contributed by atoms with Crippen LogP contribution in [0.3, 0.4) is 0 Å². The Balaban J connectivity index is 1.66. The minimum Gasteiger partial charge on any atom is -0.493 e. The van der Waals surface area contributed by atoms with Crippen molar-refractivity contribution >= 4 is 11.6 Å². The molecule has 0 saturated carbocycles. The number of nitrogens with one attached hydrogen (secondary N) is 2. The number of carbonyl (C=O) groups excluding carboxylic acids is 1. The van der Waals surface area contributed by atoms with E-state index in [1.165, 1.54) is 5.56 Å². The van der Waals surface area contributed by atoms with Crippen LogP contribution in [0.15, 0.2) is 18.2 Å². The van der Waals surface area contributed by atoms with E-state index in [0.29, 0.717) is 6.42 Å². The van der Waals surface area contributed by atoms with Crippen molar-refractivity contribution in [3.05, 3.63) is 40.7 Å². The molecule has 0 fully saturated rings. The Morgan fingerprint density at radius 3 is 3.00 bits per heavy atom. The van der Waals surface area contributed by atoms with Gasteiger partial charge in [-0.1, -0.05) is 6.92 Å². The van der Waals surface area contributed by atoms with Crippen molar-refractivity contribution < 1.29 is 9.53 Å². The molecule has 1 atom stereocenters. The van der Waals surface area contributed by atoms with Crippen LogP contribution in [0.1, 0.15) is 35.9 Å². The summed E-state index contributed by atoms with van der Waals surface area (Å²) in [5.41, 5.74) is 5.14. The number of ether oxygens (including phenoxy) is 1. The predicted molar refractivity (Wildman–Crippen MR) is 89.8 cm³/mol. The summed E-state index contributed by atoms with van der Waals surface area (Å²) in [6, 6.07) is 5.87. The Labute approximate surface area is 136 Å². The maximum atomic E-state index is 12.5. The van der Waals surface area contributed by atoms with Gasteiger partial charge in [0.25, 0.3) is 0 Å². The summed E-state index contributed by atoms with van der Waals surface area (Å²) in [4.78, 5) is 12.5. The second-order valence-corrected chi connectivity index (χ2v) is 6.28. The average Bonchev–Trinajstić information content (AvgIpc) is 2.86. The molecule has 2 N–H and O–H groups in total. The van der Waals surface area contributed by atoms with Crippen LogP contribution < -0.4 is 10.1 Å². The molecule has 2 aromatic rings. The van der Waals surface area contributed by atoms with Crippen LogP contribution in [0, 0.1) is 19.8 Å². The molecule has 1 aliphatic heterocycles. The number of anilines is 1. The third-order valence-electron chi connectivity index (χ3n) is 4.41. The minimum absolute atomic E-state index is 0.0293. The van der Waals surface area contributed by atoms with E-state index in [1.54, 1.807) is 0 Å². The molecule has 122 valence electrons. The number of aromatic nitrogens is 2. The van der Waals surface area contributed by atoms with Crippen LogP contribution in [-0.4, -0.2) is 22.7 Å². The molecule has 1 aromatic carbocycles. The van der Waals surface area contributed by atoms with E-state index in [-0.39, 0.29) is 11.8 Å². The quantitative estimate of drug-likeness (QED) is 0.911. The molecule has 5 heteroatoms. The molecule has 23 heavy (non-hydrogen) atoms. The van der Waals surface area contributed by atoms with E-state index >= 15 is 0 Å². The predicted octanol–water partition coefficient (Wildman–Crippen LogP) is 3.17. The molecule has 1 amide bonds. The lowest BCUT2D eigenvalue weighted by Gasteiger charge is -2.19. The number of amides is 1. The zero-order chi connectivity index (χ0) is 16.4. The number of nitrogens with zero attached hydrogens (tertiary/aromatic N) is 1. The first-order chi connectivity index (χ1) is 11.0. The van der Waals surface area contributed by atoms with Crippen LogP contribution in [-0.2, 0) is 17.6 Å². The highest BCUT2D eigenvalue weighted by atomic mass is 16.5. The highest BCUT2D eigenvalue weighted by molar-refractivity contribution is 5.92. The lowest BCUT2D eigenvalue weighted by molar-refractivity contribution is -0.119. The summed E-state index contributed by atoms with van der Waals surface area (Å²) in [5.74, 6) is 0.853. The van der Waals surface area contributed by atoms with Crippen molar-refractivity contribution in [2.75, 3.05) is 11.9 Å². The molecule has 0 aliphatic carbocycles. The smallest absolute Gasteiger partial charge is 0.227 e. The van der Waals surface area contributed by atoms with Gasteiger partial charge in [0.2, 0.25) is 5.91 Å². The zero-order valence-corrected chi connectivity index (χ0v) is 13.9. The van der Waals surface area contributed by atoms with Crippen molar-refractivity contribution in [3.63, 3.8) is 0 Å². The molecule has 1 unspecified atom stereocenters. The van der Waals surface area contributed by atoms with E-state index in [9.17, 15) is 4.79 Å². The third kappa shape index (κ3) is 3.38. The van der Waals surface area contributed by atoms with Gasteiger partial charge in [-0.05, 0) is 62.4 Å². The number of benzene rings is 1. The lowest BCUT2D eigenvalue weighted by atomic mass is 9.98. The fourth-order valence-electron chi connectivity index (χ4n) is 2.98. The van der Waals surface area contributed by atoms with Crippen molar-refractivity contribution in [1.29, 1.82) is 0 Å². The molecule has 5 nitrogen and oxygen atoms in total. The van der Waals surface area contributed by atoms with Gasteiger partial charge < -0.3 is 10.1 Å². The monoisotopic (exact) mass is 313 g/mol. The van der Waals surface area contributed by atoms with Crippen LogP contribution in [0.5, 0.6) is 5.75 Å². The van der Waals surface area contributed by atoms with Crippen molar-refractivity contribution in [1.82, 2.24) is 10.2 Å². The highest BCUT2D eigenvalue weighted by Crippen LogP contribution is 2.28. The number of carbonyl (C=O) groups is 1. The minimum atomic E-state index is -0.114. The summed E-state index contributed by atoms with van der Waals surface area (Å²) in [6.45, 7) is 6.68. The van der Waals surface area contributed by atoms with Gasteiger partial charge in [-0.2, -0.15) is 5.10 Å². The number of hydrogen-bond acceptors (Lipinski definition) is 3. The van der Waals surface area contributed by atoms with E-state index in [2.05, 4.69) is 15.5 Å². The van der Waals surface area contributed by atoms with Crippen LogP contribution >= 0.6 is 0 Å². The largest absolute Gasteiger partial charge is 0.493 e. The molecule has 0 radical (unpaired) electrons. The van der Waals surface area contributed by atoms with Crippen molar-refractivity contribution in [3.8, 4) is 5.75 Å². The SMILES string of the molecule is Cc1n[nH]c(C)c1CC(C)C(=O)Nc1ccc2c(c1)CCCO2. The summed E-state index contributed by atoms with van der Waals surface area (Å²) < 4.78 is 5.60. The Kier molecular flexibility index (Phi) is 4.37. The topological polar surface area (TPSA) is 67.0 Å². The number of hydrogen-bond donors (Lipinski definition) is 2. The summed E-state index contributed by atoms with van der Waals surface area (Å²) in [6.07, 6.45) is 2.72. The van der Waals surface area contributed by atoms with Gasteiger partial charge in [-0.15, -0.1) is 0 Å². The van der Waals surface area contributed by atoms with Gasteiger partial charge in [-0.3, -0.25) is 9.89 Å². The van der Waals surface area contributed by atoms with Gasteiger partial charge in [0, 0.05) is 17.3 Å². The Bertz CT molecular complexity index is 702. The van der Waals surface area contributed by atoms with Gasteiger partial charge >= 0.3 is 0 Å². The van der Waals surface area contributed by atoms with Crippen molar-refractivity contribution in [2.45, 2.75) is 40.0 Å². The molecule has 0 spiro atoms. The highest BCUT2D eigenvalue weighted by Gasteiger charge is 2.18. The Morgan fingerprint density at radius 1 is 1.43 bits per heavy atom. The molecule has 0 saturated heterocycles. The van der Waals surface area contributed by atoms with Gasteiger partial charge in [0.05, 0.1) is 12.3 Å². The zero-order valence-electron chi connectivity index (χ0n) is 13.9. The molecular weight excluding hydrogens is 290 g/mol. The van der Waals surface area contributed by atoms with Gasteiger partial charge in [-0.25, -0.2) is 0 Å². The van der Waals surface area contributed by atoms with E-state index in [4.69, 9.17) is 4.74 Å². The standard InChI is InChI=1S/C18H23N3O2/c1-11(9-16-12(2)20-21-13(16)3)18(22)19-15-6-7-17-14(10-15)5-4-8-23-17/h6-7,10-11H,4-5,8-9H2,1-3H3,(H,19,22)(H,20,21). The first kappa shape index (κ1) is 15.6. The Morgan fingerprint density at radius 2 is 2.26 bits per heavy atom. The van der Waals surface area contributed by atoms with Crippen molar-refractivity contribution in [2.24, 2.45) is 5.92 Å². The van der Waals surface area contributed by atoms with Gasteiger partial charge in [0.15, 0.2) is 0 Å². The second-order valence-electron chi connectivity index (χ2n) is 6.28. The maximum Gasteiger partial charge on any atom is 0.227 e. The number of aromatic amines is 1. The van der Waals surface area contributed by atoms with Crippen LogP contribution in [0.4, 0.5) is 5.69 Å². The summed E-state index contributed by atoms with van der Waals surface area (Å²) >= 11 is 0. The molecular formula is C18H23N3O2. The number of aryl methyl sites for hydroxylation is 3. The normalized spacial score (nSPS) is 14.7. The van der Waals surface area contributed by atoms with E-state index in [0.717, 1.165) is 47.8 Å². The maximum absolute atomic E-state index is 12.5. The number of fused-ring (bicyclic) bond motifs is 1. The second kappa shape index (κ2) is 6.44. The van der Waals surface area contributed by atoms with E-state index < -0.39 is 0 Å². The molecule has 3 rings (SSSR count). The molecule has 1 aliphatic rings. The lowest BCUT2D eigenvalue weighted by Crippen LogP contribution is -2.22.